The van der Waals surface area contributed by atoms with Gasteiger partial charge in [-0.1, -0.05) is 18.0 Å². The molecule has 1 aromatic rings. The summed E-state index contributed by atoms with van der Waals surface area (Å²) < 4.78 is 0. The molecular formula is C15H24Cl3N3. The van der Waals surface area contributed by atoms with E-state index in [9.17, 15) is 0 Å². The third-order valence-corrected chi connectivity index (χ3v) is 4.74. The Morgan fingerprint density at radius 2 is 1.86 bits per heavy atom. The number of nitrogen functional groups attached to an aromatic ring is 1. The minimum atomic E-state index is 0. The zero-order valence-corrected chi connectivity index (χ0v) is 14.4. The van der Waals surface area contributed by atoms with Gasteiger partial charge in [0.05, 0.1) is 0 Å². The highest BCUT2D eigenvalue weighted by Crippen LogP contribution is 2.43. The Balaban J connectivity index is 0.00000110. The molecule has 1 saturated carbocycles. The van der Waals surface area contributed by atoms with Crippen molar-refractivity contribution >= 4 is 42.1 Å². The number of piperazine rings is 1. The second kappa shape index (κ2) is 8.44. The van der Waals surface area contributed by atoms with Gasteiger partial charge in [-0.25, -0.2) is 0 Å². The van der Waals surface area contributed by atoms with Gasteiger partial charge in [0, 0.05) is 42.9 Å². The Hall–Kier alpha value is -0.190. The lowest BCUT2D eigenvalue weighted by molar-refractivity contribution is 0.0842. The summed E-state index contributed by atoms with van der Waals surface area (Å²) in [7, 11) is 0. The molecule has 0 radical (unpaired) electrons. The molecule has 1 saturated heterocycles. The van der Waals surface area contributed by atoms with Crippen molar-refractivity contribution in [1.82, 2.24) is 10.2 Å². The van der Waals surface area contributed by atoms with Crippen molar-refractivity contribution in [3.63, 3.8) is 0 Å². The summed E-state index contributed by atoms with van der Waals surface area (Å²) in [5.74, 6) is 0.749. The van der Waals surface area contributed by atoms with Gasteiger partial charge < -0.3 is 11.1 Å². The smallest absolute Gasteiger partial charge is 0.0410 e. The molecule has 1 atom stereocenters. The van der Waals surface area contributed by atoms with Crippen LogP contribution in [0.15, 0.2) is 18.2 Å². The second-order valence-electron chi connectivity index (χ2n) is 5.70. The number of nitrogens with two attached hydrogens (primary N) is 1. The molecular weight excluding hydrogens is 329 g/mol. The zero-order chi connectivity index (χ0) is 13.2. The van der Waals surface area contributed by atoms with E-state index in [4.69, 9.17) is 17.3 Å². The van der Waals surface area contributed by atoms with Crippen LogP contribution in [0.3, 0.4) is 0 Å². The maximum absolute atomic E-state index is 6.21. The van der Waals surface area contributed by atoms with Gasteiger partial charge in [0.1, 0.15) is 0 Å². The maximum atomic E-state index is 6.21. The fourth-order valence-electron chi connectivity index (χ4n) is 3.27. The van der Waals surface area contributed by atoms with E-state index in [1.165, 1.54) is 24.8 Å². The minimum absolute atomic E-state index is 0. The summed E-state index contributed by atoms with van der Waals surface area (Å²) in [4.78, 5) is 2.59. The first-order valence-corrected chi connectivity index (χ1v) is 7.63. The molecule has 2 fully saturated rings. The van der Waals surface area contributed by atoms with Crippen LogP contribution in [0.4, 0.5) is 5.69 Å². The molecule has 3 N–H and O–H groups in total. The largest absolute Gasteiger partial charge is 0.398 e. The number of hydrogen-bond donors (Lipinski definition) is 2. The summed E-state index contributed by atoms with van der Waals surface area (Å²) in [5.41, 5.74) is 8.34. The topological polar surface area (TPSA) is 41.3 Å². The van der Waals surface area contributed by atoms with Gasteiger partial charge in [-0.2, -0.15) is 0 Å². The minimum Gasteiger partial charge on any atom is -0.398 e. The molecule has 1 heterocycles. The molecule has 6 heteroatoms. The predicted molar refractivity (Wildman–Crippen MR) is 94.9 cm³/mol. The highest BCUT2D eigenvalue weighted by atomic mass is 35.5. The van der Waals surface area contributed by atoms with Gasteiger partial charge in [0.2, 0.25) is 0 Å². The average Bonchev–Trinajstić information content (AvgIpc) is 2.38. The van der Waals surface area contributed by atoms with E-state index in [0.717, 1.165) is 42.8 Å². The van der Waals surface area contributed by atoms with Gasteiger partial charge >= 0.3 is 0 Å². The summed E-state index contributed by atoms with van der Waals surface area (Å²) >= 11 is 6.18. The van der Waals surface area contributed by atoms with Crippen molar-refractivity contribution in [2.75, 3.05) is 31.9 Å². The highest BCUT2D eigenvalue weighted by Gasteiger charge is 2.34. The molecule has 0 aromatic heterocycles. The molecule has 21 heavy (non-hydrogen) atoms. The summed E-state index contributed by atoms with van der Waals surface area (Å²) in [6.07, 6.45) is 3.99. The number of hydrogen-bond acceptors (Lipinski definition) is 3. The van der Waals surface area contributed by atoms with E-state index in [1.54, 1.807) is 0 Å². The van der Waals surface area contributed by atoms with Crippen molar-refractivity contribution < 1.29 is 0 Å². The first-order valence-electron chi connectivity index (χ1n) is 7.25. The quantitative estimate of drug-likeness (QED) is 0.818. The number of benzene rings is 1. The van der Waals surface area contributed by atoms with Crippen molar-refractivity contribution in [3.05, 3.63) is 28.8 Å². The van der Waals surface area contributed by atoms with E-state index >= 15 is 0 Å². The molecule has 3 nitrogen and oxygen atoms in total. The molecule has 3 rings (SSSR count). The molecule has 1 aliphatic carbocycles. The summed E-state index contributed by atoms with van der Waals surface area (Å²) in [5, 5.41) is 4.22. The van der Waals surface area contributed by atoms with Crippen LogP contribution in [0, 0.1) is 5.92 Å². The fraction of sp³-hybridized carbons (Fsp3) is 0.600. The third-order valence-electron chi connectivity index (χ3n) is 4.51. The maximum Gasteiger partial charge on any atom is 0.0410 e. The first kappa shape index (κ1) is 18.9. The van der Waals surface area contributed by atoms with Gasteiger partial charge in [-0.3, -0.25) is 4.90 Å². The molecule has 1 aromatic carbocycles. The highest BCUT2D eigenvalue weighted by molar-refractivity contribution is 6.30. The van der Waals surface area contributed by atoms with Crippen LogP contribution in [-0.4, -0.2) is 31.1 Å². The number of nitrogens with one attached hydrogen (secondary N) is 1. The number of anilines is 1. The van der Waals surface area contributed by atoms with E-state index < -0.39 is 0 Å². The lowest BCUT2D eigenvalue weighted by Gasteiger charge is -2.43. The SMILES string of the molecule is Cl.Cl.Nc1ccc(Cl)cc1[C@@H](C1CCC1)N1CCNCC1. The summed E-state index contributed by atoms with van der Waals surface area (Å²) in [6.45, 7) is 4.35. The zero-order valence-electron chi connectivity index (χ0n) is 12.1. The van der Waals surface area contributed by atoms with E-state index in [1.807, 2.05) is 12.1 Å². The molecule has 1 aliphatic heterocycles. The van der Waals surface area contributed by atoms with Crippen LogP contribution in [0.1, 0.15) is 30.9 Å². The summed E-state index contributed by atoms with van der Waals surface area (Å²) in [6, 6.07) is 6.36. The van der Waals surface area contributed by atoms with E-state index in [-0.39, 0.29) is 24.8 Å². The molecule has 0 bridgehead atoms. The Kier molecular flexibility index (Phi) is 7.58. The first-order chi connectivity index (χ1) is 9.25. The molecule has 0 spiro atoms. The van der Waals surface area contributed by atoms with Crippen molar-refractivity contribution in [3.8, 4) is 0 Å². The van der Waals surface area contributed by atoms with Gasteiger partial charge in [0.25, 0.3) is 0 Å². The molecule has 0 amide bonds. The van der Waals surface area contributed by atoms with Crippen LogP contribution < -0.4 is 11.1 Å². The van der Waals surface area contributed by atoms with Crippen LogP contribution in [0.25, 0.3) is 0 Å². The Morgan fingerprint density at radius 3 is 2.43 bits per heavy atom. The fourth-order valence-corrected chi connectivity index (χ4v) is 3.45. The number of rotatable bonds is 3. The van der Waals surface area contributed by atoms with E-state index in [2.05, 4.69) is 16.3 Å². The lowest BCUT2D eigenvalue weighted by Crippen LogP contribution is -2.48. The van der Waals surface area contributed by atoms with Crippen molar-refractivity contribution in [2.24, 2.45) is 5.92 Å². The number of nitrogens with zero attached hydrogens (tertiary/aromatic N) is 1. The van der Waals surface area contributed by atoms with Crippen molar-refractivity contribution in [1.29, 1.82) is 0 Å². The lowest BCUT2D eigenvalue weighted by atomic mass is 9.76. The Morgan fingerprint density at radius 1 is 1.19 bits per heavy atom. The Labute approximate surface area is 144 Å². The van der Waals surface area contributed by atoms with Gasteiger partial charge in [0.15, 0.2) is 0 Å². The molecule has 0 unspecified atom stereocenters. The second-order valence-corrected chi connectivity index (χ2v) is 6.13. The standard InChI is InChI=1S/C15H22ClN3.2ClH/c16-12-4-5-14(17)13(10-12)15(11-2-1-3-11)19-8-6-18-7-9-19;;/h4-5,10-11,15,18H,1-3,6-9,17H2;2*1H/t15-;;/m1../s1. The van der Waals surface area contributed by atoms with Crippen LogP contribution in [0.2, 0.25) is 5.02 Å². The third kappa shape index (κ3) is 4.17. The van der Waals surface area contributed by atoms with E-state index in [0.29, 0.717) is 6.04 Å². The Bertz CT molecular complexity index is 446. The van der Waals surface area contributed by atoms with Crippen LogP contribution in [-0.2, 0) is 0 Å². The van der Waals surface area contributed by atoms with Gasteiger partial charge in [-0.05, 0) is 42.5 Å². The van der Waals surface area contributed by atoms with Gasteiger partial charge in [-0.15, -0.1) is 24.8 Å². The van der Waals surface area contributed by atoms with Crippen LogP contribution >= 0.6 is 36.4 Å². The van der Waals surface area contributed by atoms with Crippen molar-refractivity contribution in [2.45, 2.75) is 25.3 Å². The normalized spacial score (nSPS) is 20.8. The monoisotopic (exact) mass is 351 g/mol. The molecule has 2 aliphatic rings. The molecule has 120 valence electrons. The average molecular weight is 353 g/mol. The predicted octanol–water partition coefficient (Wildman–Crippen LogP) is 3.51. The van der Waals surface area contributed by atoms with Crippen LogP contribution in [0.5, 0.6) is 0 Å². The number of halogens is 3.